The molecule has 1 aromatic carbocycles. The van der Waals surface area contributed by atoms with Crippen molar-refractivity contribution in [2.45, 2.75) is 54.7 Å². The van der Waals surface area contributed by atoms with Gasteiger partial charge in [0.05, 0.1) is 31.2 Å². The molecule has 3 amide bonds. The van der Waals surface area contributed by atoms with Crippen molar-refractivity contribution in [3.63, 3.8) is 0 Å². The summed E-state index contributed by atoms with van der Waals surface area (Å²) in [4.78, 5) is 45.2. The standard InChI is InChI=1S/C28H39BrN4O6/c29-20-18-28-22(21(23(20)39-28)25(35)31-19-8-4-3-5-9-19)27(37)33(11-6-1-2-7-15-34)24(28)26(36)30-10-12-32-13-16-38-17-14-32/h3-5,8-9,20-24,34H,1-2,6-7,10-18H2,(H,30,36)(H,31,35)/t20?,21-,22-,23-,24?,28?/m0/s1. The minimum absolute atomic E-state index is 0.138. The highest BCUT2D eigenvalue weighted by molar-refractivity contribution is 9.09. The van der Waals surface area contributed by atoms with Crippen molar-refractivity contribution in [3.05, 3.63) is 30.3 Å². The van der Waals surface area contributed by atoms with E-state index in [9.17, 15) is 14.4 Å². The number of halogens is 1. The number of fused-ring (bicyclic) bond motifs is 1. The zero-order chi connectivity index (χ0) is 27.4. The lowest BCUT2D eigenvalue weighted by molar-refractivity contribution is -0.141. The van der Waals surface area contributed by atoms with E-state index in [1.807, 2.05) is 30.3 Å². The molecule has 4 saturated heterocycles. The van der Waals surface area contributed by atoms with Crippen LogP contribution in [0.4, 0.5) is 5.69 Å². The van der Waals surface area contributed by atoms with E-state index < -0.39 is 29.6 Å². The van der Waals surface area contributed by atoms with Gasteiger partial charge in [0.1, 0.15) is 11.6 Å². The lowest BCUT2D eigenvalue weighted by atomic mass is 9.70. The monoisotopic (exact) mass is 606 g/mol. The Bertz CT molecular complexity index is 1020. The summed E-state index contributed by atoms with van der Waals surface area (Å²) in [6.45, 7) is 4.77. The number of unbranched alkanes of at least 4 members (excludes halogenated alkanes) is 3. The largest absolute Gasteiger partial charge is 0.396 e. The highest BCUT2D eigenvalue weighted by atomic mass is 79.9. The molecule has 3 N–H and O–H groups in total. The Balaban J connectivity index is 1.35. The number of amides is 3. The van der Waals surface area contributed by atoms with Gasteiger partial charge in [0, 0.05) is 49.8 Å². The molecule has 2 bridgehead atoms. The summed E-state index contributed by atoms with van der Waals surface area (Å²) in [6.07, 6.45) is 3.13. The van der Waals surface area contributed by atoms with Crippen molar-refractivity contribution in [1.82, 2.24) is 15.1 Å². The van der Waals surface area contributed by atoms with E-state index in [-0.39, 0.29) is 29.2 Å². The van der Waals surface area contributed by atoms with Crippen LogP contribution in [-0.2, 0) is 23.9 Å². The van der Waals surface area contributed by atoms with E-state index in [1.165, 1.54) is 0 Å². The van der Waals surface area contributed by atoms with Crippen LogP contribution in [0.3, 0.4) is 0 Å². The molecule has 4 aliphatic heterocycles. The maximum Gasteiger partial charge on any atom is 0.245 e. The molecule has 214 valence electrons. The smallest absolute Gasteiger partial charge is 0.245 e. The summed E-state index contributed by atoms with van der Waals surface area (Å²) in [5.74, 6) is -2.07. The van der Waals surface area contributed by atoms with Gasteiger partial charge in [0.2, 0.25) is 17.7 Å². The molecular weight excluding hydrogens is 568 g/mol. The van der Waals surface area contributed by atoms with Gasteiger partial charge in [-0.05, 0) is 31.4 Å². The molecule has 3 unspecified atom stereocenters. The number of likely N-dealkylation sites (tertiary alicyclic amines) is 1. The van der Waals surface area contributed by atoms with Gasteiger partial charge in [-0.1, -0.05) is 47.0 Å². The van der Waals surface area contributed by atoms with Gasteiger partial charge < -0.3 is 30.1 Å². The van der Waals surface area contributed by atoms with Gasteiger partial charge >= 0.3 is 0 Å². The Hall–Kier alpha value is -2.05. The number of nitrogens with one attached hydrogen (secondary N) is 2. The molecule has 0 radical (unpaired) electrons. The summed E-state index contributed by atoms with van der Waals surface area (Å²) < 4.78 is 12.0. The fraction of sp³-hybridized carbons (Fsp3) is 0.679. The van der Waals surface area contributed by atoms with Crippen LogP contribution in [0.25, 0.3) is 0 Å². The molecule has 5 rings (SSSR count). The maximum absolute atomic E-state index is 14.0. The summed E-state index contributed by atoms with van der Waals surface area (Å²) in [5.41, 5.74) is -0.392. The third-order valence-electron chi connectivity index (χ3n) is 8.52. The van der Waals surface area contributed by atoms with Crippen LogP contribution in [0.1, 0.15) is 32.1 Å². The second-order valence-corrected chi connectivity index (χ2v) is 12.1. The molecular formula is C28H39BrN4O6. The van der Waals surface area contributed by atoms with Crippen molar-refractivity contribution in [2.24, 2.45) is 11.8 Å². The van der Waals surface area contributed by atoms with Crippen LogP contribution in [0.15, 0.2) is 30.3 Å². The van der Waals surface area contributed by atoms with E-state index in [2.05, 4.69) is 31.5 Å². The molecule has 4 aliphatic rings. The predicted molar refractivity (Wildman–Crippen MR) is 148 cm³/mol. The molecule has 0 aromatic heterocycles. The Morgan fingerprint density at radius 2 is 1.79 bits per heavy atom. The van der Waals surface area contributed by atoms with Gasteiger partial charge in [-0.25, -0.2) is 0 Å². The van der Waals surface area contributed by atoms with Gasteiger partial charge in [-0.2, -0.15) is 0 Å². The lowest BCUT2D eigenvalue weighted by Crippen LogP contribution is -2.56. The lowest BCUT2D eigenvalue weighted by Gasteiger charge is -2.34. The summed E-state index contributed by atoms with van der Waals surface area (Å²) in [5, 5.41) is 15.2. The summed E-state index contributed by atoms with van der Waals surface area (Å²) in [7, 11) is 0. The molecule has 4 fully saturated rings. The first kappa shape index (κ1) is 28.5. The molecule has 11 heteroatoms. The second kappa shape index (κ2) is 12.6. The van der Waals surface area contributed by atoms with Crippen LogP contribution in [0.5, 0.6) is 0 Å². The first-order valence-electron chi connectivity index (χ1n) is 14.1. The van der Waals surface area contributed by atoms with Crippen molar-refractivity contribution < 1.29 is 29.0 Å². The van der Waals surface area contributed by atoms with Crippen LogP contribution in [0, 0.1) is 11.8 Å². The van der Waals surface area contributed by atoms with Crippen molar-refractivity contribution in [1.29, 1.82) is 0 Å². The fourth-order valence-electron chi connectivity index (χ4n) is 6.72. The first-order valence-corrected chi connectivity index (χ1v) is 15.0. The molecule has 39 heavy (non-hydrogen) atoms. The number of para-hydroxylation sites is 1. The predicted octanol–water partition coefficient (Wildman–Crippen LogP) is 1.37. The quantitative estimate of drug-likeness (QED) is 0.243. The number of alkyl halides is 1. The zero-order valence-electron chi connectivity index (χ0n) is 22.2. The number of anilines is 1. The number of hydrogen-bond acceptors (Lipinski definition) is 7. The van der Waals surface area contributed by atoms with Gasteiger partial charge in [0.15, 0.2) is 0 Å². The Morgan fingerprint density at radius 3 is 2.54 bits per heavy atom. The van der Waals surface area contributed by atoms with Crippen LogP contribution < -0.4 is 10.6 Å². The second-order valence-electron chi connectivity index (χ2n) is 10.9. The van der Waals surface area contributed by atoms with Gasteiger partial charge in [0.25, 0.3) is 0 Å². The summed E-state index contributed by atoms with van der Waals surface area (Å²) >= 11 is 3.71. The number of morpholine rings is 1. The van der Waals surface area contributed by atoms with E-state index in [1.54, 1.807) is 4.90 Å². The topological polar surface area (TPSA) is 120 Å². The molecule has 0 saturated carbocycles. The number of carbonyl (C=O) groups is 3. The number of nitrogens with zero attached hydrogens (tertiary/aromatic N) is 2. The molecule has 1 aromatic rings. The van der Waals surface area contributed by atoms with E-state index in [0.29, 0.717) is 57.8 Å². The maximum atomic E-state index is 14.0. The van der Waals surface area contributed by atoms with Gasteiger partial charge in [-0.3, -0.25) is 19.3 Å². The third kappa shape index (κ3) is 5.74. The Kier molecular flexibility index (Phi) is 9.23. The third-order valence-corrected chi connectivity index (χ3v) is 9.36. The summed E-state index contributed by atoms with van der Waals surface area (Å²) in [6, 6.07) is 8.40. The number of carbonyl (C=O) groups excluding carboxylic acids is 3. The minimum atomic E-state index is -1.05. The Morgan fingerprint density at radius 1 is 1.05 bits per heavy atom. The number of benzene rings is 1. The number of rotatable bonds is 12. The highest BCUT2D eigenvalue weighted by Gasteiger charge is 2.76. The normalized spacial score (nSPS) is 31.9. The minimum Gasteiger partial charge on any atom is -0.396 e. The highest BCUT2D eigenvalue weighted by Crippen LogP contribution is 2.60. The molecule has 4 heterocycles. The van der Waals surface area contributed by atoms with Crippen molar-refractivity contribution in [2.75, 3.05) is 57.9 Å². The molecule has 0 aliphatic carbocycles. The van der Waals surface area contributed by atoms with E-state index in [0.717, 1.165) is 25.9 Å². The number of hydrogen-bond donors (Lipinski definition) is 3. The van der Waals surface area contributed by atoms with Crippen LogP contribution in [-0.4, -0.2) is 108 Å². The Labute approximate surface area is 237 Å². The van der Waals surface area contributed by atoms with E-state index >= 15 is 0 Å². The van der Waals surface area contributed by atoms with Crippen molar-refractivity contribution >= 4 is 39.3 Å². The number of aliphatic hydroxyl groups is 1. The first-order chi connectivity index (χ1) is 19.0. The molecule has 10 nitrogen and oxygen atoms in total. The van der Waals surface area contributed by atoms with Crippen LogP contribution in [0.2, 0.25) is 0 Å². The fourth-order valence-corrected chi connectivity index (χ4v) is 7.67. The number of ether oxygens (including phenoxy) is 2. The molecule has 6 atom stereocenters. The zero-order valence-corrected chi connectivity index (χ0v) is 23.8. The SMILES string of the molecule is O=C(NCCN1CCOCC1)C1N(CCCCCCO)C(=O)[C@@H]2[C@H](C(=O)Nc3ccccc3)[C@H]3OC12CC3Br. The van der Waals surface area contributed by atoms with E-state index in [4.69, 9.17) is 14.6 Å². The average molecular weight is 608 g/mol. The van der Waals surface area contributed by atoms with Crippen LogP contribution >= 0.6 is 15.9 Å². The van der Waals surface area contributed by atoms with Crippen molar-refractivity contribution in [3.8, 4) is 0 Å². The molecule has 1 spiro atoms. The average Bonchev–Trinajstić information content (AvgIpc) is 3.53. The number of aliphatic hydroxyl groups excluding tert-OH is 1. The van der Waals surface area contributed by atoms with Gasteiger partial charge in [-0.15, -0.1) is 0 Å².